The molecule has 0 radical (unpaired) electrons. The molecule has 1 heterocycles. The molecule has 0 bridgehead atoms. The molecule has 0 aliphatic carbocycles. The number of aliphatic hydroxyl groups excluding tert-OH is 1. The van der Waals surface area contributed by atoms with Crippen molar-refractivity contribution < 1.29 is 80.6 Å². The van der Waals surface area contributed by atoms with Crippen molar-refractivity contribution in [3.8, 4) is 5.75 Å². The van der Waals surface area contributed by atoms with E-state index in [2.05, 4.69) is 0 Å². The van der Waals surface area contributed by atoms with Gasteiger partial charge in [-0.1, -0.05) is 12.1 Å². The molecule has 8 heteroatoms. The van der Waals surface area contributed by atoms with E-state index in [0.717, 1.165) is 11.3 Å². The van der Waals surface area contributed by atoms with Crippen molar-refractivity contribution in [3.05, 3.63) is 29.8 Å². The predicted molar refractivity (Wildman–Crippen MR) is 84.4 cm³/mol. The molecule has 2 rings (SSSR count). The van der Waals surface area contributed by atoms with Crippen molar-refractivity contribution in [1.82, 2.24) is 4.90 Å². The topological polar surface area (TPSA) is 91.3 Å². The van der Waals surface area contributed by atoms with Crippen LogP contribution in [0.5, 0.6) is 5.75 Å². The largest absolute Gasteiger partial charge is 1.00 e. The molecular formula is C17H24KNO6. The van der Waals surface area contributed by atoms with E-state index in [-0.39, 0.29) is 70.6 Å². The summed E-state index contributed by atoms with van der Waals surface area (Å²) in [5, 5.41) is 21.3. The molecule has 0 spiro atoms. The van der Waals surface area contributed by atoms with Gasteiger partial charge in [0, 0.05) is 20.2 Å². The molecule has 1 aliphatic rings. The summed E-state index contributed by atoms with van der Waals surface area (Å²) in [7, 11) is 3.16. The van der Waals surface area contributed by atoms with Crippen LogP contribution in [0.4, 0.5) is 0 Å². The molecule has 134 valence electrons. The maximum absolute atomic E-state index is 11.2. The summed E-state index contributed by atoms with van der Waals surface area (Å²) in [6, 6.07) is 6.73. The number of hydrogen-bond donors (Lipinski definition) is 1. The zero-order valence-corrected chi connectivity index (χ0v) is 18.1. The van der Waals surface area contributed by atoms with Gasteiger partial charge in [0.1, 0.15) is 5.75 Å². The van der Waals surface area contributed by atoms with E-state index in [9.17, 15) is 15.0 Å². The Morgan fingerprint density at radius 1 is 1.36 bits per heavy atom. The van der Waals surface area contributed by atoms with Gasteiger partial charge in [-0.05, 0) is 24.1 Å². The quantitative estimate of drug-likeness (QED) is 0.445. The van der Waals surface area contributed by atoms with Gasteiger partial charge in [-0.25, -0.2) is 0 Å². The molecular weight excluding hydrogens is 353 g/mol. The van der Waals surface area contributed by atoms with E-state index < -0.39 is 18.1 Å². The number of rotatable bonds is 9. The van der Waals surface area contributed by atoms with E-state index >= 15 is 0 Å². The molecule has 1 aromatic carbocycles. The fourth-order valence-corrected chi connectivity index (χ4v) is 2.84. The van der Waals surface area contributed by atoms with Crippen molar-refractivity contribution in [1.29, 1.82) is 0 Å². The summed E-state index contributed by atoms with van der Waals surface area (Å²) >= 11 is 0. The van der Waals surface area contributed by atoms with Crippen molar-refractivity contribution in [2.75, 3.05) is 33.9 Å². The molecule has 0 saturated carbocycles. The number of likely N-dealkylation sites (tertiary alicyclic amines) is 1. The van der Waals surface area contributed by atoms with Crippen LogP contribution in [0, 0.1) is 0 Å². The minimum absolute atomic E-state index is 0. The third-order valence-corrected chi connectivity index (χ3v) is 4.15. The van der Waals surface area contributed by atoms with Crippen LogP contribution in [-0.4, -0.2) is 68.1 Å². The van der Waals surface area contributed by atoms with Crippen LogP contribution >= 0.6 is 0 Å². The minimum Gasteiger partial charge on any atom is -0.548 e. The standard InChI is InChI=1S/C17H25NO6.K/c1-22-14-5-3-12(4-6-14)10-24-11-13(19)8-18-9-15(23-2)7-16(18)17(20)21;/h3-6,13,15-16,19H,7-11H2,1-2H3,(H,20,21);/q;+1/p-1/t13?,15-,16-;/m0./s1. The first kappa shape index (κ1) is 23.0. The van der Waals surface area contributed by atoms with Crippen LogP contribution in [0.1, 0.15) is 12.0 Å². The Balaban J connectivity index is 0.00000312. The number of carbonyl (C=O) groups excluding carboxylic acids is 1. The first-order chi connectivity index (χ1) is 11.5. The molecule has 1 saturated heterocycles. The zero-order chi connectivity index (χ0) is 17.5. The summed E-state index contributed by atoms with van der Waals surface area (Å²) in [4.78, 5) is 12.8. The van der Waals surface area contributed by atoms with Crippen LogP contribution < -0.4 is 61.2 Å². The van der Waals surface area contributed by atoms with E-state index in [1.165, 1.54) is 0 Å². The fraction of sp³-hybridized carbons (Fsp3) is 0.588. The molecule has 7 nitrogen and oxygen atoms in total. The summed E-state index contributed by atoms with van der Waals surface area (Å²) in [6.45, 7) is 1.16. The Bertz CT molecular complexity index is 526. The molecule has 0 amide bonds. The van der Waals surface area contributed by atoms with Gasteiger partial charge in [0.2, 0.25) is 0 Å². The van der Waals surface area contributed by atoms with Gasteiger partial charge >= 0.3 is 51.4 Å². The average Bonchev–Trinajstić information content (AvgIpc) is 2.98. The number of β-amino-alcohol motifs (C(OH)–C–C–N with tert-alkyl or cyclic N) is 1. The Labute approximate surface area is 190 Å². The van der Waals surface area contributed by atoms with Crippen LogP contribution in [0.15, 0.2) is 24.3 Å². The van der Waals surface area contributed by atoms with Crippen LogP contribution in [0.3, 0.4) is 0 Å². The number of aliphatic hydroxyl groups is 1. The third kappa shape index (κ3) is 7.24. The summed E-state index contributed by atoms with van der Waals surface area (Å²) in [5.74, 6) is -0.366. The number of benzene rings is 1. The summed E-state index contributed by atoms with van der Waals surface area (Å²) < 4.78 is 15.8. The molecule has 1 unspecified atom stereocenters. The predicted octanol–water partition coefficient (Wildman–Crippen LogP) is -3.58. The van der Waals surface area contributed by atoms with Gasteiger partial charge in [0.25, 0.3) is 0 Å². The second-order valence-electron chi connectivity index (χ2n) is 5.90. The first-order valence-electron chi connectivity index (χ1n) is 7.90. The number of hydrogen-bond acceptors (Lipinski definition) is 7. The monoisotopic (exact) mass is 377 g/mol. The smallest absolute Gasteiger partial charge is 0.548 e. The summed E-state index contributed by atoms with van der Waals surface area (Å²) in [6.07, 6.45) is -0.556. The number of nitrogens with zero attached hydrogens (tertiary/aromatic N) is 1. The summed E-state index contributed by atoms with van der Waals surface area (Å²) in [5.41, 5.74) is 0.969. The Morgan fingerprint density at radius 3 is 2.60 bits per heavy atom. The van der Waals surface area contributed by atoms with E-state index in [1.807, 2.05) is 24.3 Å². The molecule has 3 atom stereocenters. The third-order valence-electron chi connectivity index (χ3n) is 4.15. The van der Waals surface area contributed by atoms with Crippen molar-refractivity contribution in [3.63, 3.8) is 0 Å². The maximum atomic E-state index is 11.2. The molecule has 25 heavy (non-hydrogen) atoms. The molecule has 1 aliphatic heterocycles. The Morgan fingerprint density at radius 2 is 2.04 bits per heavy atom. The number of methoxy groups -OCH3 is 2. The van der Waals surface area contributed by atoms with E-state index in [4.69, 9.17) is 14.2 Å². The van der Waals surface area contributed by atoms with Crippen molar-refractivity contribution >= 4 is 5.97 Å². The van der Waals surface area contributed by atoms with Gasteiger partial charge in [-0.3, -0.25) is 4.90 Å². The second kappa shape index (κ2) is 11.6. The molecule has 0 aromatic heterocycles. The van der Waals surface area contributed by atoms with Crippen molar-refractivity contribution in [2.45, 2.75) is 31.3 Å². The van der Waals surface area contributed by atoms with Gasteiger partial charge in [0.15, 0.2) is 0 Å². The number of aliphatic carboxylic acids is 1. The van der Waals surface area contributed by atoms with Gasteiger partial charge in [0.05, 0.1) is 44.5 Å². The fourth-order valence-electron chi connectivity index (χ4n) is 2.84. The SMILES string of the molecule is COc1ccc(COCC(O)CN2C[C@@H](OC)C[C@H]2C(=O)[O-])cc1.[K+]. The molecule has 1 aromatic rings. The van der Waals surface area contributed by atoms with Gasteiger partial charge in [-0.2, -0.15) is 0 Å². The maximum Gasteiger partial charge on any atom is 1.00 e. The van der Waals surface area contributed by atoms with Crippen LogP contribution in [0.2, 0.25) is 0 Å². The molecule has 1 fully saturated rings. The number of carbonyl (C=O) groups is 1. The van der Waals surface area contributed by atoms with E-state index in [1.54, 1.807) is 19.1 Å². The number of ether oxygens (including phenoxy) is 3. The van der Waals surface area contributed by atoms with Crippen LogP contribution in [-0.2, 0) is 20.9 Å². The van der Waals surface area contributed by atoms with Crippen LogP contribution in [0.25, 0.3) is 0 Å². The van der Waals surface area contributed by atoms with Crippen molar-refractivity contribution in [2.24, 2.45) is 0 Å². The number of carboxylic acids is 1. The van der Waals surface area contributed by atoms with Gasteiger partial charge in [-0.15, -0.1) is 0 Å². The Hall–Kier alpha value is -0.0336. The minimum atomic E-state index is -1.14. The zero-order valence-electron chi connectivity index (χ0n) is 15.0. The normalized spacial score (nSPS) is 21.6. The Kier molecular flexibility index (Phi) is 10.7. The second-order valence-corrected chi connectivity index (χ2v) is 5.90. The molecule has 1 N–H and O–H groups in total. The number of carboxylic acid groups (broad SMARTS) is 1. The van der Waals surface area contributed by atoms with E-state index in [0.29, 0.717) is 19.6 Å². The average molecular weight is 377 g/mol. The first-order valence-corrected chi connectivity index (χ1v) is 7.90. The van der Waals surface area contributed by atoms with Gasteiger partial charge < -0.3 is 29.2 Å².